The summed E-state index contributed by atoms with van der Waals surface area (Å²) in [7, 11) is 0. The number of halogens is 2. The summed E-state index contributed by atoms with van der Waals surface area (Å²) in [6.07, 6.45) is 0.825. The third kappa shape index (κ3) is 5.32. The van der Waals surface area contributed by atoms with Crippen LogP contribution >= 0.6 is 31.9 Å². The Bertz CT molecular complexity index is 805. The summed E-state index contributed by atoms with van der Waals surface area (Å²) in [5.41, 5.74) is 0.683. The van der Waals surface area contributed by atoms with Crippen LogP contribution in [0, 0.1) is 0 Å². The summed E-state index contributed by atoms with van der Waals surface area (Å²) in [5.74, 6) is -0.237. The van der Waals surface area contributed by atoms with Gasteiger partial charge in [-0.1, -0.05) is 22.9 Å². The van der Waals surface area contributed by atoms with Crippen LogP contribution in [0.15, 0.2) is 45.3 Å². The van der Waals surface area contributed by atoms with E-state index in [1.54, 1.807) is 43.3 Å². The first kappa shape index (κ1) is 20.5. The van der Waals surface area contributed by atoms with Crippen molar-refractivity contribution in [3.63, 3.8) is 0 Å². The van der Waals surface area contributed by atoms with Gasteiger partial charge in [0, 0.05) is 4.47 Å². The second-order valence-electron chi connectivity index (χ2n) is 5.24. The van der Waals surface area contributed by atoms with E-state index in [9.17, 15) is 9.59 Å². The van der Waals surface area contributed by atoms with Crippen molar-refractivity contribution >= 4 is 43.8 Å². The summed E-state index contributed by atoms with van der Waals surface area (Å²) in [6, 6.07) is 9.80. The second kappa shape index (κ2) is 9.73. The van der Waals surface area contributed by atoms with Crippen molar-refractivity contribution in [1.82, 2.24) is 0 Å². The highest BCUT2D eigenvalue weighted by Gasteiger charge is 2.18. The zero-order valence-corrected chi connectivity index (χ0v) is 17.6. The molecule has 138 valence electrons. The Balaban J connectivity index is 2.22. The molecule has 0 saturated heterocycles. The molecule has 5 nitrogen and oxygen atoms in total. The molecule has 2 aromatic carbocycles. The molecule has 0 saturated carbocycles. The van der Waals surface area contributed by atoms with Crippen molar-refractivity contribution in [2.45, 2.75) is 20.3 Å². The molecule has 0 N–H and O–H groups in total. The lowest BCUT2D eigenvalue weighted by Gasteiger charge is -2.12. The number of esters is 2. The first-order chi connectivity index (χ1) is 12.5. The highest BCUT2D eigenvalue weighted by Crippen LogP contribution is 2.29. The number of carbonyl (C=O) groups is 2. The summed E-state index contributed by atoms with van der Waals surface area (Å²) in [6.45, 7) is 4.51. The fourth-order valence-corrected chi connectivity index (χ4v) is 2.90. The number of carbonyl (C=O) groups excluding carboxylic acids is 2. The van der Waals surface area contributed by atoms with Crippen molar-refractivity contribution < 1.29 is 23.8 Å². The van der Waals surface area contributed by atoms with Crippen molar-refractivity contribution in [3.8, 4) is 11.5 Å². The van der Waals surface area contributed by atoms with E-state index in [0.717, 1.165) is 10.9 Å². The van der Waals surface area contributed by atoms with E-state index in [4.69, 9.17) is 14.2 Å². The van der Waals surface area contributed by atoms with Crippen LogP contribution in [0.4, 0.5) is 0 Å². The van der Waals surface area contributed by atoms with Crippen LogP contribution in [0.2, 0.25) is 0 Å². The summed E-state index contributed by atoms with van der Waals surface area (Å²) >= 11 is 6.67. The molecular weight excluding hydrogens is 468 g/mol. The molecule has 26 heavy (non-hydrogen) atoms. The molecule has 0 amide bonds. The summed E-state index contributed by atoms with van der Waals surface area (Å²) < 4.78 is 17.2. The average Bonchev–Trinajstić information content (AvgIpc) is 2.62. The van der Waals surface area contributed by atoms with Gasteiger partial charge in [0.2, 0.25) is 0 Å². The lowest BCUT2D eigenvalue weighted by atomic mass is 10.2. The SMILES string of the molecule is CCCOc1ccc(Br)cc1C(=O)Oc1ccc(C(=O)OCC)cc1Br. The van der Waals surface area contributed by atoms with E-state index >= 15 is 0 Å². The van der Waals surface area contributed by atoms with Crippen LogP contribution < -0.4 is 9.47 Å². The minimum atomic E-state index is -0.554. The lowest BCUT2D eigenvalue weighted by molar-refractivity contribution is 0.0526. The van der Waals surface area contributed by atoms with Gasteiger partial charge in [-0.25, -0.2) is 9.59 Å². The van der Waals surface area contributed by atoms with Crippen LogP contribution in [0.3, 0.4) is 0 Å². The van der Waals surface area contributed by atoms with Gasteiger partial charge in [0.1, 0.15) is 17.1 Å². The second-order valence-corrected chi connectivity index (χ2v) is 7.01. The zero-order valence-electron chi connectivity index (χ0n) is 14.4. The molecule has 0 aliphatic carbocycles. The van der Waals surface area contributed by atoms with Crippen LogP contribution in [0.25, 0.3) is 0 Å². The maximum absolute atomic E-state index is 12.6. The number of hydrogen-bond acceptors (Lipinski definition) is 5. The third-order valence-corrected chi connectivity index (χ3v) is 4.38. The van der Waals surface area contributed by atoms with Gasteiger partial charge in [0.25, 0.3) is 0 Å². The Hall–Kier alpha value is -1.86. The Morgan fingerprint density at radius 1 is 0.962 bits per heavy atom. The molecule has 0 aliphatic rings. The molecule has 0 bridgehead atoms. The Morgan fingerprint density at radius 3 is 2.35 bits per heavy atom. The smallest absolute Gasteiger partial charge is 0.347 e. The van der Waals surface area contributed by atoms with Gasteiger partial charge < -0.3 is 14.2 Å². The fourth-order valence-electron chi connectivity index (χ4n) is 2.08. The molecule has 0 atom stereocenters. The van der Waals surface area contributed by atoms with E-state index in [0.29, 0.717) is 33.7 Å². The minimum absolute atomic E-state index is 0.288. The number of hydrogen-bond donors (Lipinski definition) is 0. The van der Waals surface area contributed by atoms with Gasteiger partial charge in [-0.05, 0) is 65.7 Å². The molecule has 0 heterocycles. The van der Waals surface area contributed by atoms with Gasteiger partial charge in [-0.15, -0.1) is 0 Å². The topological polar surface area (TPSA) is 61.8 Å². The Kier molecular flexibility index (Phi) is 7.66. The Labute approximate surface area is 168 Å². The molecule has 2 aromatic rings. The van der Waals surface area contributed by atoms with Gasteiger partial charge in [-0.2, -0.15) is 0 Å². The predicted octanol–water partition coefficient (Wildman–Crippen LogP) is 5.40. The lowest BCUT2D eigenvalue weighted by Crippen LogP contribution is -2.12. The quantitative estimate of drug-likeness (QED) is 0.388. The van der Waals surface area contributed by atoms with Crippen LogP contribution in [-0.2, 0) is 4.74 Å². The number of rotatable bonds is 7. The number of ether oxygens (including phenoxy) is 3. The van der Waals surface area contributed by atoms with Crippen LogP contribution in [0.5, 0.6) is 11.5 Å². The number of benzene rings is 2. The normalized spacial score (nSPS) is 10.3. The van der Waals surface area contributed by atoms with E-state index in [2.05, 4.69) is 31.9 Å². The molecule has 0 unspecified atom stereocenters. The standard InChI is InChI=1S/C19H18Br2O5/c1-3-9-25-16-8-6-13(20)11-14(16)19(23)26-17-7-5-12(10-15(17)21)18(22)24-4-2/h5-8,10-11H,3-4,9H2,1-2H3. The van der Waals surface area contributed by atoms with Crippen LogP contribution in [0.1, 0.15) is 41.0 Å². The van der Waals surface area contributed by atoms with Gasteiger partial charge >= 0.3 is 11.9 Å². The third-order valence-electron chi connectivity index (χ3n) is 3.27. The van der Waals surface area contributed by atoms with E-state index in [-0.39, 0.29) is 6.61 Å². The van der Waals surface area contributed by atoms with Crippen molar-refractivity contribution in [3.05, 3.63) is 56.5 Å². The molecule has 2 rings (SSSR count). The van der Waals surface area contributed by atoms with E-state index < -0.39 is 11.9 Å². The molecular formula is C19H18Br2O5. The van der Waals surface area contributed by atoms with Crippen molar-refractivity contribution in [2.75, 3.05) is 13.2 Å². The maximum atomic E-state index is 12.6. The highest BCUT2D eigenvalue weighted by molar-refractivity contribution is 9.10. The highest BCUT2D eigenvalue weighted by atomic mass is 79.9. The molecule has 0 aliphatic heterocycles. The zero-order chi connectivity index (χ0) is 19.1. The van der Waals surface area contributed by atoms with Crippen LogP contribution in [-0.4, -0.2) is 25.2 Å². The maximum Gasteiger partial charge on any atom is 0.347 e. The first-order valence-corrected chi connectivity index (χ1v) is 9.66. The predicted molar refractivity (Wildman–Crippen MR) is 105 cm³/mol. The summed E-state index contributed by atoms with van der Waals surface area (Å²) in [5, 5.41) is 0. The monoisotopic (exact) mass is 484 g/mol. The summed E-state index contributed by atoms with van der Waals surface area (Å²) in [4.78, 5) is 24.4. The van der Waals surface area contributed by atoms with Gasteiger partial charge in [-0.3, -0.25) is 0 Å². The van der Waals surface area contributed by atoms with Gasteiger partial charge in [0.05, 0.1) is 23.2 Å². The minimum Gasteiger partial charge on any atom is -0.493 e. The molecule has 0 fully saturated rings. The average molecular weight is 486 g/mol. The molecule has 0 aromatic heterocycles. The fraction of sp³-hybridized carbons (Fsp3) is 0.263. The van der Waals surface area contributed by atoms with Crippen molar-refractivity contribution in [2.24, 2.45) is 0 Å². The molecule has 0 radical (unpaired) electrons. The van der Waals surface area contributed by atoms with Crippen molar-refractivity contribution in [1.29, 1.82) is 0 Å². The van der Waals surface area contributed by atoms with E-state index in [1.165, 1.54) is 0 Å². The molecule has 0 spiro atoms. The van der Waals surface area contributed by atoms with Gasteiger partial charge in [0.15, 0.2) is 0 Å². The molecule has 7 heteroatoms. The first-order valence-electron chi connectivity index (χ1n) is 8.07. The Morgan fingerprint density at radius 2 is 1.69 bits per heavy atom. The van der Waals surface area contributed by atoms with E-state index in [1.807, 2.05) is 6.92 Å². The largest absolute Gasteiger partial charge is 0.493 e.